The smallest absolute Gasteiger partial charge is 0.408 e. The molecule has 1 heterocycles. The minimum atomic E-state index is -0.547. The molecule has 0 radical (unpaired) electrons. The number of nitriles is 1. The summed E-state index contributed by atoms with van der Waals surface area (Å²) < 4.78 is 19.1. The Kier molecular flexibility index (Phi) is 5.98. The van der Waals surface area contributed by atoms with Gasteiger partial charge >= 0.3 is 6.09 Å². The number of ether oxygens (including phenoxy) is 1. The molecule has 1 aliphatic rings. The summed E-state index contributed by atoms with van der Waals surface area (Å²) in [6, 6.07) is 12.4. The van der Waals surface area contributed by atoms with Crippen LogP contribution in [0.15, 0.2) is 42.6 Å². The number of fused-ring (bicyclic) bond motifs is 1. The van der Waals surface area contributed by atoms with E-state index in [4.69, 9.17) is 10.00 Å². The summed E-state index contributed by atoms with van der Waals surface area (Å²) in [5.41, 5.74) is 3.56. The van der Waals surface area contributed by atoms with Crippen LogP contribution in [-0.2, 0) is 11.2 Å². The van der Waals surface area contributed by atoms with Gasteiger partial charge in [0.25, 0.3) is 0 Å². The number of nitrogens with one attached hydrogen (secondary N) is 1. The maximum absolute atomic E-state index is 13.7. The topological polar surface area (TPSA) is 75.0 Å². The van der Waals surface area contributed by atoms with E-state index in [2.05, 4.69) is 22.4 Å². The molecule has 1 N–H and O–H groups in total. The Labute approximate surface area is 190 Å². The average molecular weight is 450 g/mol. The fraction of sp³-hybridized carbons (Fsp3) is 0.320. The Morgan fingerprint density at radius 1 is 1.31 bits per heavy atom. The van der Waals surface area contributed by atoms with E-state index < -0.39 is 17.5 Å². The van der Waals surface area contributed by atoms with Crippen molar-refractivity contribution < 1.29 is 13.9 Å². The molecule has 1 amide bonds. The summed E-state index contributed by atoms with van der Waals surface area (Å²) in [6.45, 7) is 5.55. The molecule has 32 heavy (non-hydrogen) atoms. The van der Waals surface area contributed by atoms with Crippen LogP contribution in [0.3, 0.4) is 0 Å². The van der Waals surface area contributed by atoms with Crippen molar-refractivity contribution in [2.24, 2.45) is 0 Å². The highest BCUT2D eigenvalue weighted by Crippen LogP contribution is 2.40. The molecule has 0 fully saturated rings. The number of benzene rings is 2. The van der Waals surface area contributed by atoms with Gasteiger partial charge < -0.3 is 10.1 Å². The Hall–Kier alpha value is -3.24. The molecule has 7 heteroatoms. The zero-order valence-corrected chi connectivity index (χ0v) is 19.1. The highest BCUT2D eigenvalue weighted by molar-refractivity contribution is 7.18. The van der Waals surface area contributed by atoms with Crippen LogP contribution in [-0.4, -0.2) is 16.7 Å². The predicted octanol–water partition coefficient (Wildman–Crippen LogP) is 6.39. The van der Waals surface area contributed by atoms with Crippen LogP contribution in [0.1, 0.15) is 56.3 Å². The number of hydrogen-bond donors (Lipinski definition) is 1. The Morgan fingerprint density at radius 3 is 2.88 bits per heavy atom. The third kappa shape index (κ3) is 4.66. The minimum absolute atomic E-state index is 0.00685. The number of hydrogen-bond acceptors (Lipinski definition) is 5. The molecule has 5 nitrogen and oxygen atoms in total. The van der Waals surface area contributed by atoms with Gasteiger partial charge in [-0.05, 0) is 74.9 Å². The molecule has 1 aliphatic carbocycles. The fourth-order valence-corrected chi connectivity index (χ4v) is 4.92. The molecule has 0 saturated heterocycles. The van der Waals surface area contributed by atoms with Gasteiger partial charge in [0.15, 0.2) is 0 Å². The normalized spacial score (nSPS) is 15.5. The van der Waals surface area contributed by atoms with Gasteiger partial charge in [0.05, 0.1) is 16.5 Å². The third-order valence-corrected chi connectivity index (χ3v) is 6.38. The van der Waals surface area contributed by atoms with Crippen molar-refractivity contribution in [3.63, 3.8) is 0 Å². The summed E-state index contributed by atoms with van der Waals surface area (Å²) in [6.07, 6.45) is 4.14. The lowest BCUT2D eigenvalue weighted by Gasteiger charge is -2.29. The monoisotopic (exact) mass is 449 g/mol. The molecule has 3 aromatic rings. The first-order valence-electron chi connectivity index (χ1n) is 10.5. The first-order chi connectivity index (χ1) is 15.2. The second-order valence-corrected chi connectivity index (χ2v) is 9.83. The lowest BCUT2D eigenvalue weighted by atomic mass is 9.84. The Bertz CT molecular complexity index is 1210. The van der Waals surface area contributed by atoms with E-state index in [-0.39, 0.29) is 11.6 Å². The van der Waals surface area contributed by atoms with Crippen molar-refractivity contribution in [2.75, 3.05) is 0 Å². The van der Waals surface area contributed by atoms with Crippen LogP contribution < -0.4 is 5.32 Å². The summed E-state index contributed by atoms with van der Waals surface area (Å²) in [5, 5.41) is 12.9. The Balaban J connectivity index is 1.63. The van der Waals surface area contributed by atoms with Crippen molar-refractivity contribution in [1.82, 2.24) is 10.3 Å². The summed E-state index contributed by atoms with van der Waals surface area (Å²) in [5.74, 6) is -0.534. The maximum atomic E-state index is 13.7. The van der Waals surface area contributed by atoms with Crippen molar-refractivity contribution in [2.45, 2.75) is 51.7 Å². The highest BCUT2D eigenvalue weighted by atomic mass is 32.1. The molecular weight excluding hydrogens is 425 g/mol. The van der Waals surface area contributed by atoms with E-state index >= 15 is 0 Å². The molecule has 4 rings (SSSR count). The molecule has 0 saturated carbocycles. The lowest BCUT2D eigenvalue weighted by Crippen LogP contribution is -2.36. The van der Waals surface area contributed by atoms with Gasteiger partial charge in [-0.3, -0.25) is 0 Å². The van der Waals surface area contributed by atoms with Gasteiger partial charge in [0.2, 0.25) is 0 Å². The molecule has 0 unspecified atom stereocenters. The highest BCUT2D eigenvalue weighted by Gasteiger charge is 2.26. The van der Waals surface area contributed by atoms with E-state index in [1.165, 1.54) is 29.0 Å². The van der Waals surface area contributed by atoms with E-state index in [0.29, 0.717) is 5.56 Å². The molecule has 1 aromatic heterocycles. The zero-order valence-electron chi connectivity index (χ0n) is 18.2. The number of aromatic nitrogens is 1. The minimum Gasteiger partial charge on any atom is -0.444 e. The molecule has 0 bridgehead atoms. The number of thiazole rings is 1. The number of halogens is 1. The number of amides is 1. The van der Waals surface area contributed by atoms with Gasteiger partial charge in [-0.25, -0.2) is 14.2 Å². The van der Waals surface area contributed by atoms with E-state index in [1.54, 1.807) is 6.07 Å². The standard InChI is InChI=1S/C25H24FN3O2S/c1-25(2,3)31-24(30)29-21-9-5-6-17-18(21)7-4-8-19(17)22-14-28-23(32-22)15-10-11-20(26)16(12-15)13-27/h4,7-8,10-12,14,21H,5-6,9H2,1-3H3,(H,29,30)/t21-/m1/s1. The molecular formula is C25H24FN3O2S. The number of rotatable bonds is 3. The molecule has 164 valence electrons. The summed E-state index contributed by atoms with van der Waals surface area (Å²) >= 11 is 1.50. The first-order valence-corrected chi connectivity index (χ1v) is 11.3. The van der Waals surface area contributed by atoms with Crippen LogP contribution in [0, 0.1) is 17.1 Å². The summed E-state index contributed by atoms with van der Waals surface area (Å²) in [7, 11) is 0. The van der Waals surface area contributed by atoms with Crippen molar-refractivity contribution >= 4 is 17.4 Å². The number of nitrogens with zero attached hydrogens (tertiary/aromatic N) is 2. The molecule has 0 aliphatic heterocycles. The van der Waals surface area contributed by atoms with Crippen molar-refractivity contribution in [3.05, 3.63) is 65.1 Å². The van der Waals surface area contributed by atoms with E-state index in [1.807, 2.05) is 39.1 Å². The van der Waals surface area contributed by atoms with Gasteiger partial charge in [0.1, 0.15) is 22.5 Å². The van der Waals surface area contributed by atoms with Gasteiger partial charge in [-0.2, -0.15) is 5.26 Å². The largest absolute Gasteiger partial charge is 0.444 e. The summed E-state index contributed by atoms with van der Waals surface area (Å²) in [4.78, 5) is 17.9. The van der Waals surface area contributed by atoms with Crippen molar-refractivity contribution in [3.8, 4) is 27.1 Å². The van der Waals surface area contributed by atoms with Crippen LogP contribution in [0.5, 0.6) is 0 Å². The molecule has 1 atom stereocenters. The van der Waals surface area contributed by atoms with Gasteiger partial charge in [-0.15, -0.1) is 11.3 Å². The van der Waals surface area contributed by atoms with Crippen LogP contribution in [0.25, 0.3) is 21.0 Å². The second-order valence-electron chi connectivity index (χ2n) is 8.80. The first kappa shape index (κ1) is 22.0. The molecule has 2 aromatic carbocycles. The predicted molar refractivity (Wildman–Crippen MR) is 123 cm³/mol. The second kappa shape index (κ2) is 8.71. The number of alkyl carbamates (subject to hydrolysis) is 1. The number of carbonyl (C=O) groups is 1. The average Bonchev–Trinajstić information content (AvgIpc) is 3.22. The number of carbonyl (C=O) groups excluding carboxylic acids is 1. The van der Waals surface area contributed by atoms with E-state index in [0.717, 1.165) is 40.3 Å². The van der Waals surface area contributed by atoms with Crippen LogP contribution in [0.4, 0.5) is 9.18 Å². The van der Waals surface area contributed by atoms with Gasteiger partial charge in [0, 0.05) is 11.8 Å². The fourth-order valence-electron chi connectivity index (χ4n) is 3.96. The third-order valence-electron chi connectivity index (χ3n) is 5.30. The quantitative estimate of drug-likeness (QED) is 0.503. The van der Waals surface area contributed by atoms with E-state index in [9.17, 15) is 9.18 Å². The zero-order chi connectivity index (χ0) is 22.9. The van der Waals surface area contributed by atoms with Crippen LogP contribution >= 0.6 is 11.3 Å². The van der Waals surface area contributed by atoms with Crippen molar-refractivity contribution in [1.29, 1.82) is 5.26 Å². The van der Waals surface area contributed by atoms with Gasteiger partial charge in [-0.1, -0.05) is 18.2 Å². The SMILES string of the molecule is CC(C)(C)OC(=O)N[C@@H]1CCCc2c(-c3cnc(-c4ccc(F)c(C#N)c4)s3)cccc21. The van der Waals surface area contributed by atoms with Crippen LogP contribution in [0.2, 0.25) is 0 Å². The maximum Gasteiger partial charge on any atom is 0.408 e. The lowest BCUT2D eigenvalue weighted by molar-refractivity contribution is 0.0498. The Morgan fingerprint density at radius 2 is 2.12 bits per heavy atom. The molecule has 0 spiro atoms.